The number of aromatic nitrogens is 1. The Kier molecular flexibility index (Phi) is 7.15. The maximum atomic E-state index is 4.65. The van der Waals surface area contributed by atoms with Crippen molar-refractivity contribution in [3.05, 3.63) is 16.1 Å². The second-order valence-corrected chi connectivity index (χ2v) is 8.00. The number of aliphatic imine (C=N–C) groups is 1. The molecule has 0 saturated heterocycles. The van der Waals surface area contributed by atoms with Crippen molar-refractivity contribution in [1.82, 2.24) is 15.6 Å². The molecule has 0 aliphatic heterocycles. The molecule has 0 fully saturated rings. The first-order valence-electron chi connectivity index (χ1n) is 7.76. The highest BCUT2D eigenvalue weighted by Crippen LogP contribution is 2.21. The van der Waals surface area contributed by atoms with Crippen LogP contribution in [0.3, 0.4) is 0 Å². The number of hydrogen-bond acceptors (Lipinski definition) is 3. The molecule has 1 rings (SSSR count). The normalized spacial score (nSPS) is 14.1. The molecule has 0 bridgehead atoms. The Bertz CT molecular complexity index is 445. The predicted molar refractivity (Wildman–Crippen MR) is 93.0 cm³/mol. The summed E-state index contributed by atoms with van der Waals surface area (Å²) < 4.78 is 0. The molecule has 0 radical (unpaired) electrons. The molecule has 120 valence electrons. The van der Waals surface area contributed by atoms with Crippen molar-refractivity contribution in [3.8, 4) is 0 Å². The molecule has 0 amide bonds. The Hall–Kier alpha value is -1.10. The summed E-state index contributed by atoms with van der Waals surface area (Å²) in [6.07, 6.45) is 4.26. The molecule has 2 N–H and O–H groups in total. The van der Waals surface area contributed by atoms with Gasteiger partial charge in [0.1, 0.15) is 0 Å². The Balaban J connectivity index is 2.51. The van der Waals surface area contributed by atoms with Crippen LogP contribution in [0.2, 0.25) is 0 Å². The fraction of sp³-hybridized carbons (Fsp3) is 0.750. The fourth-order valence-corrected chi connectivity index (χ4v) is 2.63. The van der Waals surface area contributed by atoms with Crippen molar-refractivity contribution in [2.45, 2.75) is 67.0 Å². The summed E-state index contributed by atoms with van der Waals surface area (Å²) in [6.45, 7) is 14.7. The van der Waals surface area contributed by atoms with Gasteiger partial charge in [-0.2, -0.15) is 0 Å². The number of nitrogens with one attached hydrogen (secondary N) is 2. The molecule has 21 heavy (non-hydrogen) atoms. The lowest BCUT2D eigenvalue weighted by molar-refractivity contribution is 0.346. The van der Waals surface area contributed by atoms with E-state index in [0.717, 1.165) is 23.9 Å². The number of rotatable bonds is 6. The van der Waals surface area contributed by atoms with E-state index in [9.17, 15) is 0 Å². The van der Waals surface area contributed by atoms with Crippen LogP contribution in [-0.2, 0) is 6.54 Å². The van der Waals surface area contributed by atoms with Gasteiger partial charge < -0.3 is 10.6 Å². The molecule has 1 aromatic heterocycles. The number of aryl methyl sites for hydroxylation is 1. The standard InChI is InChI=1S/C16H30N4S/c1-7-17-15(19-11-14-10-18-13(3)21-14)20-12(2)8-9-16(4,5)6/h10,12H,7-9,11H2,1-6H3,(H2,17,19,20). The van der Waals surface area contributed by atoms with Gasteiger partial charge in [0.15, 0.2) is 5.96 Å². The highest BCUT2D eigenvalue weighted by atomic mass is 32.1. The summed E-state index contributed by atoms with van der Waals surface area (Å²) in [5.74, 6) is 0.893. The highest BCUT2D eigenvalue weighted by Gasteiger charge is 2.13. The zero-order valence-electron chi connectivity index (χ0n) is 14.3. The minimum absolute atomic E-state index is 0.381. The molecule has 1 unspecified atom stereocenters. The molecule has 1 atom stereocenters. The van der Waals surface area contributed by atoms with Crippen LogP contribution in [0.5, 0.6) is 0 Å². The zero-order valence-corrected chi connectivity index (χ0v) is 15.1. The number of guanidine groups is 1. The summed E-state index contributed by atoms with van der Waals surface area (Å²) in [7, 11) is 0. The van der Waals surface area contributed by atoms with Crippen molar-refractivity contribution in [2.24, 2.45) is 10.4 Å². The first-order chi connectivity index (χ1) is 9.80. The van der Waals surface area contributed by atoms with Crippen molar-refractivity contribution in [1.29, 1.82) is 0 Å². The molecular formula is C16H30N4S. The van der Waals surface area contributed by atoms with Crippen LogP contribution in [0.25, 0.3) is 0 Å². The maximum absolute atomic E-state index is 4.65. The van der Waals surface area contributed by atoms with E-state index in [1.807, 2.05) is 13.1 Å². The Morgan fingerprint density at radius 1 is 1.43 bits per heavy atom. The van der Waals surface area contributed by atoms with Crippen molar-refractivity contribution in [3.63, 3.8) is 0 Å². The van der Waals surface area contributed by atoms with E-state index in [4.69, 9.17) is 0 Å². The lowest BCUT2D eigenvalue weighted by Gasteiger charge is -2.23. The van der Waals surface area contributed by atoms with E-state index in [2.05, 4.69) is 55.2 Å². The quantitative estimate of drug-likeness (QED) is 0.622. The van der Waals surface area contributed by atoms with E-state index in [0.29, 0.717) is 18.0 Å². The molecule has 0 aliphatic carbocycles. The van der Waals surface area contributed by atoms with Crippen LogP contribution >= 0.6 is 11.3 Å². The van der Waals surface area contributed by atoms with Crippen LogP contribution < -0.4 is 10.6 Å². The molecule has 0 aromatic carbocycles. The van der Waals surface area contributed by atoms with E-state index in [1.165, 1.54) is 11.3 Å². The number of hydrogen-bond donors (Lipinski definition) is 2. The molecule has 0 saturated carbocycles. The average Bonchev–Trinajstić information content (AvgIpc) is 2.79. The van der Waals surface area contributed by atoms with E-state index >= 15 is 0 Å². The summed E-state index contributed by atoms with van der Waals surface area (Å²) >= 11 is 1.71. The van der Waals surface area contributed by atoms with Gasteiger partial charge in [-0.1, -0.05) is 20.8 Å². The summed E-state index contributed by atoms with van der Waals surface area (Å²) in [6, 6.07) is 0.422. The van der Waals surface area contributed by atoms with Gasteiger partial charge in [0.05, 0.1) is 11.6 Å². The molecular weight excluding hydrogens is 280 g/mol. The predicted octanol–water partition coefficient (Wildman–Crippen LogP) is 3.72. The Labute approximate surface area is 133 Å². The van der Waals surface area contributed by atoms with Crippen LogP contribution in [0.4, 0.5) is 0 Å². The molecule has 4 nitrogen and oxygen atoms in total. The Morgan fingerprint density at radius 2 is 2.14 bits per heavy atom. The highest BCUT2D eigenvalue weighted by molar-refractivity contribution is 7.11. The zero-order chi connectivity index (χ0) is 15.9. The van der Waals surface area contributed by atoms with Gasteiger partial charge in [-0.25, -0.2) is 9.98 Å². The molecule has 1 aromatic rings. The fourth-order valence-electron chi connectivity index (χ4n) is 1.91. The SMILES string of the molecule is CCNC(=NCc1cnc(C)s1)NC(C)CCC(C)(C)C. The topological polar surface area (TPSA) is 49.3 Å². The second kappa shape index (κ2) is 8.37. The van der Waals surface area contributed by atoms with E-state index in [-0.39, 0.29) is 0 Å². The van der Waals surface area contributed by atoms with Crippen LogP contribution in [0, 0.1) is 12.3 Å². The van der Waals surface area contributed by atoms with Gasteiger partial charge in [-0.15, -0.1) is 11.3 Å². The smallest absolute Gasteiger partial charge is 0.191 e. The third-order valence-electron chi connectivity index (χ3n) is 3.12. The second-order valence-electron chi connectivity index (χ2n) is 6.69. The van der Waals surface area contributed by atoms with Gasteiger partial charge in [0.25, 0.3) is 0 Å². The van der Waals surface area contributed by atoms with Crippen molar-refractivity contribution < 1.29 is 0 Å². The third-order valence-corrected chi connectivity index (χ3v) is 4.01. The molecule has 0 aliphatic rings. The van der Waals surface area contributed by atoms with Crippen LogP contribution in [-0.4, -0.2) is 23.5 Å². The molecule has 1 heterocycles. The van der Waals surface area contributed by atoms with E-state index < -0.39 is 0 Å². The first kappa shape index (κ1) is 18.0. The average molecular weight is 311 g/mol. The monoisotopic (exact) mass is 310 g/mol. The molecule has 5 heteroatoms. The summed E-state index contributed by atoms with van der Waals surface area (Å²) in [5.41, 5.74) is 0.381. The number of thiazole rings is 1. The summed E-state index contributed by atoms with van der Waals surface area (Å²) in [5, 5.41) is 7.90. The van der Waals surface area contributed by atoms with Gasteiger partial charge in [0.2, 0.25) is 0 Å². The largest absolute Gasteiger partial charge is 0.357 e. The maximum Gasteiger partial charge on any atom is 0.191 e. The van der Waals surface area contributed by atoms with Crippen molar-refractivity contribution >= 4 is 17.3 Å². The van der Waals surface area contributed by atoms with Crippen LogP contribution in [0.1, 0.15) is 57.3 Å². The lowest BCUT2D eigenvalue weighted by atomic mass is 9.89. The Morgan fingerprint density at radius 3 is 2.67 bits per heavy atom. The van der Waals surface area contributed by atoms with Gasteiger partial charge in [-0.3, -0.25) is 0 Å². The minimum Gasteiger partial charge on any atom is -0.357 e. The van der Waals surface area contributed by atoms with Gasteiger partial charge in [-0.05, 0) is 39.0 Å². The third kappa shape index (κ3) is 8.05. The van der Waals surface area contributed by atoms with Crippen LogP contribution in [0.15, 0.2) is 11.2 Å². The van der Waals surface area contributed by atoms with Gasteiger partial charge >= 0.3 is 0 Å². The van der Waals surface area contributed by atoms with Gasteiger partial charge in [0, 0.05) is 23.7 Å². The minimum atomic E-state index is 0.381. The first-order valence-corrected chi connectivity index (χ1v) is 8.58. The summed E-state index contributed by atoms with van der Waals surface area (Å²) in [4.78, 5) is 10.1. The van der Waals surface area contributed by atoms with E-state index in [1.54, 1.807) is 11.3 Å². The molecule has 0 spiro atoms. The van der Waals surface area contributed by atoms with Crippen molar-refractivity contribution in [2.75, 3.05) is 6.54 Å². The lowest BCUT2D eigenvalue weighted by Crippen LogP contribution is -2.42. The number of nitrogens with zero attached hydrogens (tertiary/aromatic N) is 2.